The average Bonchev–Trinajstić information content (AvgIpc) is 2.94. The third-order valence-electron chi connectivity index (χ3n) is 3.36. The van der Waals surface area contributed by atoms with Crippen molar-refractivity contribution in [3.8, 4) is 11.5 Å². The van der Waals surface area contributed by atoms with Crippen LogP contribution >= 0.6 is 15.9 Å². The van der Waals surface area contributed by atoms with Gasteiger partial charge in [0.05, 0.1) is 18.5 Å². The predicted octanol–water partition coefficient (Wildman–Crippen LogP) is 3.95. The molecule has 21 heavy (non-hydrogen) atoms. The van der Waals surface area contributed by atoms with Crippen molar-refractivity contribution in [3.63, 3.8) is 0 Å². The van der Waals surface area contributed by atoms with Crippen molar-refractivity contribution in [3.05, 3.63) is 41.2 Å². The van der Waals surface area contributed by atoms with E-state index in [1.165, 1.54) is 0 Å². The summed E-state index contributed by atoms with van der Waals surface area (Å²) in [6, 6.07) is 8.01. The molecule has 0 aliphatic heterocycles. The number of ether oxygens (including phenoxy) is 2. The first kappa shape index (κ1) is 15.9. The summed E-state index contributed by atoms with van der Waals surface area (Å²) >= 11 is 3.49. The molecule has 0 atom stereocenters. The van der Waals surface area contributed by atoms with Crippen LogP contribution in [0.4, 0.5) is 0 Å². The van der Waals surface area contributed by atoms with E-state index in [1.807, 2.05) is 22.9 Å². The number of benzene rings is 1. The molecule has 114 valence electrons. The number of hydrogen-bond donors (Lipinski definition) is 0. The molecule has 4 nitrogen and oxygen atoms in total. The van der Waals surface area contributed by atoms with Gasteiger partial charge in [-0.3, -0.25) is 4.68 Å². The van der Waals surface area contributed by atoms with E-state index in [9.17, 15) is 0 Å². The molecule has 0 fully saturated rings. The molecule has 1 heterocycles. The Morgan fingerprint density at radius 1 is 1.29 bits per heavy atom. The highest BCUT2D eigenvalue weighted by molar-refractivity contribution is 9.08. The lowest BCUT2D eigenvalue weighted by molar-refractivity contribution is 0.272. The minimum absolute atomic E-state index is 0.487. The number of para-hydroxylation sites is 1. The van der Waals surface area contributed by atoms with Crippen molar-refractivity contribution in [2.24, 2.45) is 0 Å². The summed E-state index contributed by atoms with van der Waals surface area (Å²) in [5, 5.41) is 5.27. The van der Waals surface area contributed by atoms with Gasteiger partial charge < -0.3 is 9.47 Å². The van der Waals surface area contributed by atoms with Crippen molar-refractivity contribution < 1.29 is 9.47 Å². The molecule has 2 rings (SSSR count). The van der Waals surface area contributed by atoms with Gasteiger partial charge in [-0.1, -0.05) is 35.0 Å². The molecule has 1 aromatic carbocycles. The van der Waals surface area contributed by atoms with Gasteiger partial charge in [-0.2, -0.15) is 5.10 Å². The zero-order chi connectivity index (χ0) is 15.2. The van der Waals surface area contributed by atoms with Gasteiger partial charge in [0, 0.05) is 17.4 Å². The number of alkyl halides is 1. The number of hydrogen-bond acceptors (Lipinski definition) is 3. The smallest absolute Gasteiger partial charge is 0.165 e. The fraction of sp³-hybridized carbons (Fsp3) is 0.438. The molecule has 0 unspecified atom stereocenters. The fourth-order valence-electron chi connectivity index (χ4n) is 2.21. The van der Waals surface area contributed by atoms with E-state index in [2.05, 4.69) is 40.9 Å². The lowest BCUT2D eigenvalue weighted by atomic mass is 10.2. The van der Waals surface area contributed by atoms with E-state index < -0.39 is 0 Å². The van der Waals surface area contributed by atoms with Crippen molar-refractivity contribution >= 4 is 15.9 Å². The highest BCUT2D eigenvalue weighted by Crippen LogP contribution is 2.33. The second kappa shape index (κ2) is 7.50. The van der Waals surface area contributed by atoms with Gasteiger partial charge in [-0.25, -0.2) is 0 Å². The van der Waals surface area contributed by atoms with Gasteiger partial charge in [0.15, 0.2) is 11.5 Å². The molecule has 1 aromatic heterocycles. The maximum atomic E-state index is 6.02. The van der Waals surface area contributed by atoms with Crippen molar-refractivity contribution in [2.75, 3.05) is 7.11 Å². The summed E-state index contributed by atoms with van der Waals surface area (Å²) < 4.78 is 13.4. The standard InChI is InChI=1S/C16H21BrN2O2/c1-4-13-9-14(19(5-2)18-13)11-21-16-12(10-17)7-6-8-15(16)20-3/h6-9H,4-5,10-11H2,1-3H3. The second-order valence-electron chi connectivity index (χ2n) is 4.67. The molecular weight excluding hydrogens is 332 g/mol. The van der Waals surface area contributed by atoms with Crippen LogP contribution in [0.1, 0.15) is 30.8 Å². The van der Waals surface area contributed by atoms with E-state index in [-0.39, 0.29) is 0 Å². The van der Waals surface area contributed by atoms with Crippen molar-refractivity contribution in [2.45, 2.75) is 38.8 Å². The summed E-state index contributed by atoms with van der Waals surface area (Å²) in [4.78, 5) is 0. The molecule has 0 saturated heterocycles. The molecule has 0 aliphatic carbocycles. The Balaban J connectivity index is 2.21. The normalized spacial score (nSPS) is 10.7. The van der Waals surface area contributed by atoms with Crippen molar-refractivity contribution in [1.82, 2.24) is 9.78 Å². The lowest BCUT2D eigenvalue weighted by Crippen LogP contribution is -2.07. The first-order valence-electron chi connectivity index (χ1n) is 7.13. The van der Waals surface area contributed by atoms with Gasteiger partial charge in [-0.15, -0.1) is 0 Å². The zero-order valence-electron chi connectivity index (χ0n) is 12.7. The summed E-state index contributed by atoms with van der Waals surface area (Å²) in [5.41, 5.74) is 3.25. The van der Waals surface area contributed by atoms with Gasteiger partial charge in [0.1, 0.15) is 6.61 Å². The predicted molar refractivity (Wildman–Crippen MR) is 87.2 cm³/mol. The fourth-order valence-corrected chi connectivity index (χ4v) is 2.66. The molecule has 0 bridgehead atoms. The first-order chi connectivity index (χ1) is 10.2. The summed E-state index contributed by atoms with van der Waals surface area (Å²) in [5.74, 6) is 1.55. The Morgan fingerprint density at radius 2 is 2.10 bits per heavy atom. The maximum Gasteiger partial charge on any atom is 0.165 e. The van der Waals surface area contributed by atoms with Crippen LogP contribution in [0, 0.1) is 0 Å². The van der Waals surface area contributed by atoms with Crippen LogP contribution in [-0.2, 0) is 24.9 Å². The lowest BCUT2D eigenvalue weighted by Gasteiger charge is -2.14. The highest BCUT2D eigenvalue weighted by atomic mass is 79.9. The van der Waals surface area contributed by atoms with Crippen LogP contribution in [0.3, 0.4) is 0 Å². The molecule has 0 spiro atoms. The Bertz CT molecular complexity index is 574. The van der Waals surface area contributed by atoms with Gasteiger partial charge in [0.2, 0.25) is 0 Å². The highest BCUT2D eigenvalue weighted by Gasteiger charge is 2.12. The van der Waals surface area contributed by atoms with Gasteiger partial charge in [-0.05, 0) is 25.5 Å². The van der Waals surface area contributed by atoms with Crippen LogP contribution < -0.4 is 9.47 Å². The molecule has 0 amide bonds. The van der Waals surface area contributed by atoms with E-state index in [0.29, 0.717) is 6.61 Å². The molecule has 0 saturated carbocycles. The Morgan fingerprint density at radius 3 is 2.71 bits per heavy atom. The molecule has 0 radical (unpaired) electrons. The minimum atomic E-state index is 0.487. The van der Waals surface area contributed by atoms with E-state index >= 15 is 0 Å². The third-order valence-corrected chi connectivity index (χ3v) is 3.97. The molecular formula is C16H21BrN2O2. The van der Waals surface area contributed by atoms with Crippen LogP contribution in [0.25, 0.3) is 0 Å². The Hall–Kier alpha value is -1.49. The van der Waals surface area contributed by atoms with Crippen LogP contribution in [-0.4, -0.2) is 16.9 Å². The first-order valence-corrected chi connectivity index (χ1v) is 8.25. The monoisotopic (exact) mass is 352 g/mol. The minimum Gasteiger partial charge on any atom is -0.493 e. The number of methoxy groups -OCH3 is 1. The maximum absolute atomic E-state index is 6.02. The third kappa shape index (κ3) is 3.59. The van der Waals surface area contributed by atoms with Gasteiger partial charge >= 0.3 is 0 Å². The largest absolute Gasteiger partial charge is 0.493 e. The molecule has 5 heteroatoms. The number of aromatic nitrogens is 2. The zero-order valence-corrected chi connectivity index (χ0v) is 14.3. The number of aryl methyl sites for hydroxylation is 2. The average molecular weight is 353 g/mol. The molecule has 0 aliphatic rings. The molecule has 2 aromatic rings. The molecule has 0 N–H and O–H groups in total. The van der Waals surface area contributed by atoms with E-state index in [0.717, 1.165) is 46.7 Å². The summed E-state index contributed by atoms with van der Waals surface area (Å²) in [6.07, 6.45) is 0.932. The van der Waals surface area contributed by atoms with Crippen LogP contribution in [0.15, 0.2) is 24.3 Å². The number of rotatable bonds is 7. The summed E-state index contributed by atoms with van der Waals surface area (Å²) in [7, 11) is 1.66. The SMILES string of the molecule is CCc1cc(COc2c(CBr)cccc2OC)n(CC)n1. The summed E-state index contributed by atoms with van der Waals surface area (Å²) in [6.45, 7) is 5.52. The Labute approximate surface area is 134 Å². The van der Waals surface area contributed by atoms with Gasteiger partial charge in [0.25, 0.3) is 0 Å². The van der Waals surface area contributed by atoms with Crippen molar-refractivity contribution in [1.29, 1.82) is 0 Å². The second-order valence-corrected chi connectivity index (χ2v) is 5.23. The van der Waals surface area contributed by atoms with E-state index in [1.54, 1.807) is 7.11 Å². The quantitative estimate of drug-likeness (QED) is 0.708. The topological polar surface area (TPSA) is 36.3 Å². The number of halogens is 1. The van der Waals surface area contributed by atoms with Crippen LogP contribution in [0.2, 0.25) is 0 Å². The number of nitrogens with zero attached hydrogens (tertiary/aromatic N) is 2. The Kier molecular flexibility index (Phi) is 5.67. The van der Waals surface area contributed by atoms with E-state index in [4.69, 9.17) is 9.47 Å². The van der Waals surface area contributed by atoms with Crippen LogP contribution in [0.5, 0.6) is 11.5 Å².